The Hall–Kier alpha value is -1.66. The van der Waals surface area contributed by atoms with E-state index in [9.17, 15) is 9.59 Å². The number of allylic oxidation sites excluding steroid dienone is 2. The molecule has 0 aromatic rings. The predicted octanol–water partition coefficient (Wildman–Crippen LogP) is 4.24. The quantitative estimate of drug-likeness (QED) is 0.187. The fraction of sp³-hybridized carbons (Fsp3) is 0.739. The molecule has 0 fully saturated rings. The second-order valence-corrected chi connectivity index (χ2v) is 7.24. The maximum Gasteiger partial charge on any atom is 0.330 e. The van der Waals surface area contributed by atoms with E-state index in [1.807, 2.05) is 0 Å². The van der Waals surface area contributed by atoms with Crippen LogP contribution in [0, 0.1) is 0 Å². The number of esters is 2. The van der Waals surface area contributed by atoms with Gasteiger partial charge in [0.2, 0.25) is 0 Å². The summed E-state index contributed by atoms with van der Waals surface area (Å²) in [6.07, 6.45) is 17.8. The van der Waals surface area contributed by atoms with Crippen LogP contribution in [0.1, 0.15) is 84.0 Å². The van der Waals surface area contributed by atoms with Crippen LogP contribution in [0.5, 0.6) is 0 Å². The highest BCUT2D eigenvalue weighted by atomic mass is 16.6. The maximum atomic E-state index is 11.7. The Morgan fingerprint density at radius 3 is 1.69 bits per heavy atom. The van der Waals surface area contributed by atoms with Crippen molar-refractivity contribution in [3.8, 4) is 0 Å². The van der Waals surface area contributed by atoms with Gasteiger partial charge in [0.25, 0.3) is 0 Å². The van der Waals surface area contributed by atoms with Crippen LogP contribution in [-0.4, -0.2) is 48.1 Å². The first-order valence-electron chi connectivity index (χ1n) is 11.0. The van der Waals surface area contributed by atoms with Crippen LogP contribution in [-0.2, 0) is 19.1 Å². The lowest BCUT2D eigenvalue weighted by Crippen LogP contribution is -2.20. The molecule has 0 aromatic carbocycles. The van der Waals surface area contributed by atoms with Gasteiger partial charge < -0.3 is 19.7 Å². The molecule has 0 spiro atoms. The van der Waals surface area contributed by atoms with Crippen molar-refractivity contribution in [3.63, 3.8) is 0 Å². The summed E-state index contributed by atoms with van der Waals surface area (Å²) in [5.41, 5.74) is 0. The van der Waals surface area contributed by atoms with Crippen molar-refractivity contribution in [2.24, 2.45) is 0 Å². The Bertz CT molecular complexity index is 458. The van der Waals surface area contributed by atoms with Crippen molar-refractivity contribution < 1.29 is 29.3 Å². The molecule has 0 aliphatic rings. The van der Waals surface area contributed by atoms with Gasteiger partial charge in [0.15, 0.2) is 0 Å². The maximum absolute atomic E-state index is 11.7. The zero-order valence-electron chi connectivity index (χ0n) is 18.0. The van der Waals surface area contributed by atoms with E-state index in [0.717, 1.165) is 77.0 Å². The second kappa shape index (κ2) is 21.1. The van der Waals surface area contributed by atoms with Gasteiger partial charge in [-0.3, -0.25) is 0 Å². The highest BCUT2D eigenvalue weighted by Crippen LogP contribution is 2.07. The molecule has 0 saturated heterocycles. The van der Waals surface area contributed by atoms with Crippen LogP contribution in [0.2, 0.25) is 0 Å². The van der Waals surface area contributed by atoms with Crippen LogP contribution < -0.4 is 0 Å². The van der Waals surface area contributed by atoms with Crippen molar-refractivity contribution in [1.82, 2.24) is 0 Å². The zero-order valence-corrected chi connectivity index (χ0v) is 18.0. The predicted molar refractivity (Wildman–Crippen MR) is 114 cm³/mol. The first-order chi connectivity index (χ1) is 14.1. The van der Waals surface area contributed by atoms with Crippen molar-refractivity contribution in [2.75, 3.05) is 19.8 Å². The molecule has 0 radical (unpaired) electrons. The molecule has 1 unspecified atom stereocenters. The molecule has 29 heavy (non-hydrogen) atoms. The first-order valence-corrected chi connectivity index (χ1v) is 11.0. The molecule has 0 heterocycles. The smallest absolute Gasteiger partial charge is 0.330 e. The Balaban J connectivity index is 3.68. The molecule has 1 atom stereocenters. The van der Waals surface area contributed by atoms with Gasteiger partial charge in [-0.15, -0.1) is 0 Å². The number of aliphatic hydroxyl groups is 2. The minimum Gasteiger partial charge on any atom is -0.459 e. The molecular formula is C23H40O6. The van der Waals surface area contributed by atoms with Crippen LogP contribution >= 0.6 is 0 Å². The Morgan fingerprint density at radius 2 is 1.17 bits per heavy atom. The molecule has 0 aliphatic heterocycles. The molecule has 168 valence electrons. The minimum absolute atomic E-state index is 0.0365. The fourth-order valence-electron chi connectivity index (χ4n) is 2.69. The summed E-state index contributed by atoms with van der Waals surface area (Å²) >= 11 is 0. The zero-order chi connectivity index (χ0) is 21.6. The molecule has 6 nitrogen and oxygen atoms in total. The number of carbonyl (C=O) groups excluding carboxylic acids is 2. The molecule has 0 aromatic heterocycles. The Kier molecular flexibility index (Phi) is 19.9. The van der Waals surface area contributed by atoms with E-state index in [1.165, 1.54) is 12.2 Å². The van der Waals surface area contributed by atoms with Gasteiger partial charge in [-0.2, -0.15) is 0 Å². The third-order valence-corrected chi connectivity index (χ3v) is 4.34. The number of hydrogen-bond donors (Lipinski definition) is 2. The van der Waals surface area contributed by atoms with Crippen molar-refractivity contribution in [1.29, 1.82) is 0 Å². The van der Waals surface area contributed by atoms with Gasteiger partial charge in [-0.1, -0.05) is 50.7 Å². The van der Waals surface area contributed by atoms with Gasteiger partial charge in [-0.25, -0.2) is 9.59 Å². The Morgan fingerprint density at radius 1 is 0.724 bits per heavy atom. The summed E-state index contributed by atoms with van der Waals surface area (Å²) in [5, 5.41) is 17.4. The number of carbonyl (C=O) groups is 2. The molecule has 2 N–H and O–H groups in total. The average Bonchev–Trinajstić information content (AvgIpc) is 2.70. The van der Waals surface area contributed by atoms with E-state index in [-0.39, 0.29) is 19.8 Å². The molecule has 0 saturated carbocycles. The minimum atomic E-state index is -0.491. The van der Waals surface area contributed by atoms with Crippen molar-refractivity contribution in [3.05, 3.63) is 24.3 Å². The van der Waals surface area contributed by atoms with Crippen LogP contribution in [0.15, 0.2) is 24.3 Å². The second-order valence-electron chi connectivity index (χ2n) is 7.24. The fourth-order valence-corrected chi connectivity index (χ4v) is 2.69. The standard InChI is InChI=1S/C23H40O6/c1-21(29-23(27)17-13-9-5-3-7-11-15-19-25)20-28-22(26)16-12-8-4-2-6-10-14-18-24/h12-13,16-17,21,24-25H,2-11,14-15,18-20H2,1H3/b16-12+,17-13+. The van der Waals surface area contributed by atoms with E-state index < -0.39 is 18.0 Å². The van der Waals surface area contributed by atoms with Crippen LogP contribution in [0.25, 0.3) is 0 Å². The van der Waals surface area contributed by atoms with E-state index in [4.69, 9.17) is 19.7 Å². The van der Waals surface area contributed by atoms with Crippen molar-refractivity contribution >= 4 is 11.9 Å². The number of unbranched alkanes of at least 4 members (excludes halogenated alkanes) is 10. The topological polar surface area (TPSA) is 93.1 Å². The summed E-state index contributed by atoms with van der Waals surface area (Å²) < 4.78 is 10.3. The van der Waals surface area contributed by atoms with Crippen LogP contribution in [0.4, 0.5) is 0 Å². The summed E-state index contributed by atoms with van der Waals surface area (Å²) in [5.74, 6) is -0.851. The lowest BCUT2D eigenvalue weighted by Gasteiger charge is -2.11. The third kappa shape index (κ3) is 20.9. The van der Waals surface area contributed by atoms with Gasteiger partial charge >= 0.3 is 11.9 Å². The normalized spacial score (nSPS) is 12.5. The highest BCUT2D eigenvalue weighted by molar-refractivity contribution is 5.82. The monoisotopic (exact) mass is 412 g/mol. The lowest BCUT2D eigenvalue weighted by molar-refractivity contribution is -0.151. The number of hydrogen-bond acceptors (Lipinski definition) is 6. The first kappa shape index (κ1) is 27.3. The number of ether oxygens (including phenoxy) is 2. The van der Waals surface area contributed by atoms with Crippen LogP contribution in [0.3, 0.4) is 0 Å². The number of aliphatic hydroxyl groups excluding tert-OH is 2. The van der Waals surface area contributed by atoms with Gasteiger partial charge in [-0.05, 0) is 45.4 Å². The molecule has 0 amide bonds. The summed E-state index contributed by atoms with van der Waals surface area (Å²) in [6.45, 7) is 2.23. The lowest BCUT2D eigenvalue weighted by atomic mass is 10.1. The van der Waals surface area contributed by atoms with E-state index in [1.54, 1.807) is 19.1 Å². The largest absolute Gasteiger partial charge is 0.459 e. The Labute approximate surface area is 176 Å². The van der Waals surface area contributed by atoms with E-state index >= 15 is 0 Å². The van der Waals surface area contributed by atoms with Gasteiger partial charge in [0.1, 0.15) is 12.7 Å². The molecule has 0 bridgehead atoms. The van der Waals surface area contributed by atoms with Crippen molar-refractivity contribution in [2.45, 2.75) is 90.1 Å². The molecule has 6 heteroatoms. The third-order valence-electron chi connectivity index (χ3n) is 4.34. The van der Waals surface area contributed by atoms with Gasteiger partial charge in [0, 0.05) is 25.4 Å². The highest BCUT2D eigenvalue weighted by Gasteiger charge is 2.09. The summed E-state index contributed by atoms with van der Waals surface area (Å²) in [6, 6.07) is 0. The number of rotatable bonds is 19. The average molecular weight is 413 g/mol. The molecule has 0 rings (SSSR count). The molecule has 0 aliphatic carbocycles. The molecular weight excluding hydrogens is 372 g/mol. The van der Waals surface area contributed by atoms with Gasteiger partial charge in [0.05, 0.1) is 0 Å². The summed E-state index contributed by atoms with van der Waals surface area (Å²) in [4.78, 5) is 23.3. The van der Waals surface area contributed by atoms with E-state index in [2.05, 4.69) is 0 Å². The summed E-state index contributed by atoms with van der Waals surface area (Å²) in [7, 11) is 0. The van der Waals surface area contributed by atoms with E-state index in [0.29, 0.717) is 0 Å². The SMILES string of the molecule is CC(COC(=O)/C=C/CCCCCCCO)OC(=O)/C=C/CCCCCCCO.